The molecule has 1 unspecified atom stereocenters. The van der Waals surface area contributed by atoms with Gasteiger partial charge in [0.15, 0.2) is 0 Å². The number of hydrogen-bond acceptors (Lipinski definition) is 4. The lowest BCUT2D eigenvalue weighted by molar-refractivity contribution is -0.110. The van der Waals surface area contributed by atoms with Gasteiger partial charge in [0, 0.05) is 11.9 Å². The van der Waals surface area contributed by atoms with Gasteiger partial charge in [-0.3, -0.25) is 4.79 Å². The lowest BCUT2D eigenvalue weighted by atomic mass is 10.1. The molecular formula is C19H15ClN2O2S. The van der Waals surface area contributed by atoms with Crippen LogP contribution in [0.2, 0.25) is 5.02 Å². The maximum absolute atomic E-state index is 12.4. The van der Waals surface area contributed by atoms with Crippen LogP contribution in [0.1, 0.15) is 11.1 Å². The summed E-state index contributed by atoms with van der Waals surface area (Å²) in [6, 6.07) is 15.0. The van der Waals surface area contributed by atoms with E-state index in [1.165, 1.54) is 0 Å². The number of aromatic nitrogens is 1. The fourth-order valence-electron chi connectivity index (χ4n) is 3.02. The molecule has 1 aliphatic heterocycles. The van der Waals surface area contributed by atoms with E-state index in [9.17, 15) is 9.00 Å². The van der Waals surface area contributed by atoms with Gasteiger partial charge in [-0.15, -0.1) is 0 Å². The molecule has 25 heavy (non-hydrogen) atoms. The molecule has 0 radical (unpaired) electrons. The zero-order chi connectivity index (χ0) is 17.6. The van der Waals surface area contributed by atoms with Gasteiger partial charge in [0.1, 0.15) is 16.6 Å². The number of rotatable bonds is 1. The van der Waals surface area contributed by atoms with E-state index >= 15 is 0 Å². The molecule has 0 saturated heterocycles. The summed E-state index contributed by atoms with van der Waals surface area (Å²) < 4.78 is 12.4. The van der Waals surface area contributed by atoms with E-state index in [4.69, 9.17) is 11.6 Å². The Balaban J connectivity index is 1.82. The lowest BCUT2D eigenvalue weighted by Crippen LogP contribution is -2.29. The Kier molecular flexibility index (Phi) is 4.06. The number of aryl methyl sites for hydroxylation is 1. The van der Waals surface area contributed by atoms with Crippen molar-refractivity contribution in [2.75, 3.05) is 11.4 Å². The molecule has 4 nitrogen and oxygen atoms in total. The number of anilines is 1. The second kappa shape index (κ2) is 6.24. The predicted molar refractivity (Wildman–Crippen MR) is 100 cm³/mol. The second-order valence-electron chi connectivity index (χ2n) is 6.09. The van der Waals surface area contributed by atoms with E-state index in [0.717, 1.165) is 22.0 Å². The minimum Gasteiger partial charge on any atom is -0.344 e. The Bertz CT molecular complexity index is 1040. The van der Waals surface area contributed by atoms with Crippen molar-refractivity contribution in [2.45, 2.75) is 18.4 Å². The molecule has 0 spiro atoms. The largest absolute Gasteiger partial charge is 0.344 e. The van der Waals surface area contributed by atoms with Crippen molar-refractivity contribution in [3.05, 3.63) is 64.7 Å². The van der Waals surface area contributed by atoms with Crippen molar-refractivity contribution < 1.29 is 9.00 Å². The highest BCUT2D eigenvalue weighted by Gasteiger charge is 2.27. The third kappa shape index (κ3) is 2.94. The molecule has 0 amide bonds. The number of pyridine rings is 1. The minimum atomic E-state index is -1.65. The zero-order valence-electron chi connectivity index (χ0n) is 13.5. The first-order valence-corrected chi connectivity index (χ1v) is 9.40. The second-order valence-corrected chi connectivity index (χ2v) is 7.93. The number of benzene rings is 2. The molecule has 1 atom stereocenters. The minimum absolute atomic E-state index is 0.0436. The van der Waals surface area contributed by atoms with Crippen LogP contribution < -0.4 is 4.90 Å². The zero-order valence-corrected chi connectivity index (χ0v) is 15.1. The first-order valence-electron chi connectivity index (χ1n) is 7.87. The number of halogens is 1. The highest BCUT2D eigenvalue weighted by Crippen LogP contribution is 2.30. The number of carbonyl (C=O) groups excluding carboxylic acids is 1. The Morgan fingerprint density at radius 3 is 2.76 bits per heavy atom. The van der Waals surface area contributed by atoms with Crippen molar-refractivity contribution in [1.29, 1.82) is 0 Å². The Morgan fingerprint density at radius 2 is 1.92 bits per heavy atom. The highest BCUT2D eigenvalue weighted by molar-refractivity contribution is 8.00. The third-order valence-electron chi connectivity index (χ3n) is 4.28. The molecule has 0 N–H and O–H groups in total. The molecule has 0 saturated carbocycles. The summed E-state index contributed by atoms with van der Waals surface area (Å²) in [5.74, 6) is 0.614. The van der Waals surface area contributed by atoms with Gasteiger partial charge in [-0.25, -0.2) is 9.19 Å². The molecule has 126 valence electrons. The molecular weight excluding hydrogens is 356 g/mol. The number of nitrogens with zero attached hydrogens (tertiary/aromatic N) is 2. The molecule has 1 aliphatic rings. The molecule has 1 aromatic heterocycles. The monoisotopic (exact) mass is 370 g/mol. The van der Waals surface area contributed by atoms with Crippen LogP contribution in [0.3, 0.4) is 0 Å². The van der Waals surface area contributed by atoms with Crippen molar-refractivity contribution in [3.8, 4) is 0 Å². The Labute approximate surface area is 152 Å². The predicted octanol–water partition coefficient (Wildman–Crippen LogP) is 3.85. The van der Waals surface area contributed by atoms with Crippen LogP contribution in [0.5, 0.6) is 0 Å². The number of carbonyl (C=O) groups is 1. The fourth-order valence-corrected chi connectivity index (χ4v) is 4.36. The van der Waals surface area contributed by atoms with Gasteiger partial charge in [-0.05, 0) is 36.8 Å². The van der Waals surface area contributed by atoms with E-state index in [1.807, 2.05) is 42.2 Å². The Morgan fingerprint density at radius 1 is 1.12 bits per heavy atom. The summed E-state index contributed by atoms with van der Waals surface area (Å²) in [6.07, 6.45) is 0. The fraction of sp³-hybridized carbons (Fsp3) is 0.158. The quantitative estimate of drug-likeness (QED) is 0.652. The standard InChI is InChI=1S/C19H15ClN2O2S/c1-12-6-7-16-14(8-12)15(20)9-18(21-16)22-10-13-4-2-3-5-17(13)25(24)19(23)11-22/h2-9H,10-11H2,1H3. The first-order chi connectivity index (χ1) is 12.0. The highest BCUT2D eigenvalue weighted by atomic mass is 35.5. The molecule has 0 fully saturated rings. The van der Waals surface area contributed by atoms with Crippen LogP contribution in [-0.2, 0) is 22.1 Å². The van der Waals surface area contributed by atoms with Gasteiger partial charge in [-0.2, -0.15) is 0 Å². The lowest BCUT2D eigenvalue weighted by Gasteiger charge is -2.21. The molecule has 2 heterocycles. The van der Waals surface area contributed by atoms with Crippen LogP contribution in [0.4, 0.5) is 5.82 Å². The molecule has 6 heteroatoms. The van der Waals surface area contributed by atoms with Gasteiger partial charge < -0.3 is 4.90 Å². The molecule has 0 bridgehead atoms. The first kappa shape index (κ1) is 16.2. The molecule has 0 aliphatic carbocycles. The summed E-state index contributed by atoms with van der Waals surface area (Å²) in [5, 5.41) is 1.15. The molecule has 2 aromatic carbocycles. The smallest absolute Gasteiger partial charge is 0.242 e. The number of hydrogen-bond donors (Lipinski definition) is 0. The van der Waals surface area contributed by atoms with Gasteiger partial charge >= 0.3 is 0 Å². The van der Waals surface area contributed by atoms with Crippen LogP contribution in [0, 0.1) is 6.92 Å². The molecule has 4 rings (SSSR count). The van der Waals surface area contributed by atoms with E-state index in [2.05, 4.69) is 4.98 Å². The summed E-state index contributed by atoms with van der Waals surface area (Å²) in [6.45, 7) is 2.51. The van der Waals surface area contributed by atoms with Crippen LogP contribution in [-0.4, -0.2) is 20.9 Å². The summed E-state index contributed by atoms with van der Waals surface area (Å²) in [5.41, 5.74) is 2.76. The van der Waals surface area contributed by atoms with Gasteiger partial charge in [0.25, 0.3) is 0 Å². The van der Waals surface area contributed by atoms with Crippen molar-refractivity contribution in [3.63, 3.8) is 0 Å². The number of fused-ring (bicyclic) bond motifs is 2. The maximum Gasteiger partial charge on any atom is 0.242 e. The molecule has 3 aromatic rings. The van der Waals surface area contributed by atoms with Gasteiger partial charge in [0.05, 0.1) is 22.0 Å². The summed E-state index contributed by atoms with van der Waals surface area (Å²) in [7, 11) is -1.65. The average Bonchev–Trinajstić information content (AvgIpc) is 2.73. The summed E-state index contributed by atoms with van der Waals surface area (Å²) in [4.78, 5) is 19.4. The SMILES string of the molecule is Cc1ccc2nc(N3CC(=O)S(=O)c4ccccc4C3)cc(Cl)c2c1. The third-order valence-corrected chi connectivity index (χ3v) is 5.94. The van der Waals surface area contributed by atoms with E-state index < -0.39 is 10.8 Å². The summed E-state index contributed by atoms with van der Waals surface area (Å²) >= 11 is 6.45. The Hall–Kier alpha value is -2.24. The van der Waals surface area contributed by atoms with Crippen molar-refractivity contribution in [1.82, 2.24) is 4.98 Å². The maximum atomic E-state index is 12.4. The van der Waals surface area contributed by atoms with E-state index in [0.29, 0.717) is 22.3 Å². The van der Waals surface area contributed by atoms with Crippen molar-refractivity contribution >= 4 is 44.2 Å². The topological polar surface area (TPSA) is 50.3 Å². The van der Waals surface area contributed by atoms with Crippen LogP contribution in [0.25, 0.3) is 10.9 Å². The average molecular weight is 371 g/mol. The normalized spacial score (nSPS) is 17.4. The van der Waals surface area contributed by atoms with E-state index in [1.54, 1.807) is 18.2 Å². The van der Waals surface area contributed by atoms with Gasteiger partial charge in [0.2, 0.25) is 5.12 Å². The van der Waals surface area contributed by atoms with Crippen molar-refractivity contribution in [2.24, 2.45) is 0 Å². The van der Waals surface area contributed by atoms with Crippen LogP contribution >= 0.6 is 11.6 Å². The van der Waals surface area contributed by atoms with Crippen LogP contribution in [0.15, 0.2) is 53.4 Å². The van der Waals surface area contributed by atoms with Gasteiger partial charge in [-0.1, -0.05) is 41.4 Å². The van der Waals surface area contributed by atoms with E-state index in [-0.39, 0.29) is 11.7 Å².